The van der Waals surface area contributed by atoms with Crippen LogP contribution in [0.4, 0.5) is 0 Å². The normalized spacial score (nSPS) is 14.1. The first-order valence-electron chi connectivity index (χ1n) is 5.30. The summed E-state index contributed by atoms with van der Waals surface area (Å²) in [5.74, 6) is -1.51. The summed E-state index contributed by atoms with van der Waals surface area (Å²) in [7, 11) is 2.84. The van der Waals surface area contributed by atoms with Crippen LogP contribution >= 0.6 is 0 Å². The minimum atomic E-state index is -1.12. The molecule has 0 spiro atoms. The molecule has 0 aliphatic rings. The van der Waals surface area contributed by atoms with Gasteiger partial charge >= 0.3 is 5.97 Å². The zero-order valence-electron chi connectivity index (χ0n) is 10.1. The van der Waals surface area contributed by atoms with Crippen LogP contribution < -0.4 is 11.1 Å². The fourth-order valence-electron chi connectivity index (χ4n) is 1.17. The lowest BCUT2D eigenvalue weighted by atomic mass is 10.1. The second-order valence-corrected chi connectivity index (χ2v) is 3.55. The summed E-state index contributed by atoms with van der Waals surface area (Å²) in [5, 5.41) is 11.1. The average molecular weight is 248 g/mol. The van der Waals surface area contributed by atoms with Gasteiger partial charge in [-0.1, -0.05) is 0 Å². The Morgan fingerprint density at radius 1 is 1.41 bits per heavy atom. The van der Waals surface area contributed by atoms with Gasteiger partial charge in [0.25, 0.3) is 0 Å². The van der Waals surface area contributed by atoms with Crippen molar-refractivity contribution in [2.24, 2.45) is 5.73 Å². The number of hydrogen-bond donors (Lipinski definition) is 3. The van der Waals surface area contributed by atoms with E-state index in [1.165, 1.54) is 7.11 Å². The first-order valence-corrected chi connectivity index (χ1v) is 5.30. The molecular formula is C10H20N2O5. The number of aliphatic carboxylic acids is 1. The minimum Gasteiger partial charge on any atom is -0.479 e. The lowest BCUT2D eigenvalue weighted by Gasteiger charge is -2.15. The fourth-order valence-corrected chi connectivity index (χ4v) is 1.17. The molecule has 1 amide bonds. The van der Waals surface area contributed by atoms with Gasteiger partial charge in [0.05, 0.1) is 12.6 Å². The van der Waals surface area contributed by atoms with E-state index in [0.717, 1.165) is 0 Å². The molecule has 0 fully saturated rings. The Morgan fingerprint density at radius 3 is 2.53 bits per heavy atom. The van der Waals surface area contributed by atoms with Gasteiger partial charge in [0.2, 0.25) is 5.91 Å². The standard InChI is InChI=1S/C10H20N2O5/c1-16-5-3-4-7(11)9(13)12-6-8(17-2)10(14)15/h7-8H,3-6,11H2,1-2H3,(H,12,13)(H,14,15). The van der Waals surface area contributed by atoms with Crippen LogP contribution in [0.15, 0.2) is 0 Å². The summed E-state index contributed by atoms with van der Waals surface area (Å²) in [4.78, 5) is 22.1. The molecule has 4 N–H and O–H groups in total. The van der Waals surface area contributed by atoms with Crippen molar-refractivity contribution in [3.63, 3.8) is 0 Å². The third kappa shape index (κ3) is 6.88. The van der Waals surface area contributed by atoms with Crippen LogP contribution in [0.1, 0.15) is 12.8 Å². The van der Waals surface area contributed by atoms with E-state index >= 15 is 0 Å². The number of carbonyl (C=O) groups excluding carboxylic acids is 1. The Balaban J connectivity index is 3.87. The third-order valence-corrected chi connectivity index (χ3v) is 2.22. The maximum Gasteiger partial charge on any atom is 0.334 e. The SMILES string of the molecule is COCCCC(N)C(=O)NCC(OC)C(=O)O. The highest BCUT2D eigenvalue weighted by Crippen LogP contribution is 1.95. The topological polar surface area (TPSA) is 111 Å². The Morgan fingerprint density at radius 2 is 2.06 bits per heavy atom. The van der Waals surface area contributed by atoms with Gasteiger partial charge in [0.1, 0.15) is 0 Å². The molecule has 0 aromatic rings. The number of amides is 1. The van der Waals surface area contributed by atoms with Crippen molar-refractivity contribution in [1.82, 2.24) is 5.32 Å². The Bertz CT molecular complexity index is 247. The molecule has 0 saturated heterocycles. The van der Waals surface area contributed by atoms with Crippen molar-refractivity contribution < 1.29 is 24.2 Å². The van der Waals surface area contributed by atoms with Crippen LogP contribution in [0.5, 0.6) is 0 Å². The van der Waals surface area contributed by atoms with Gasteiger partial charge in [0.15, 0.2) is 6.10 Å². The molecule has 7 nitrogen and oxygen atoms in total. The van der Waals surface area contributed by atoms with Gasteiger partial charge in [-0.25, -0.2) is 4.79 Å². The third-order valence-electron chi connectivity index (χ3n) is 2.22. The van der Waals surface area contributed by atoms with E-state index in [1.807, 2.05) is 0 Å². The summed E-state index contributed by atoms with van der Waals surface area (Å²) in [6.07, 6.45) is 0.118. The summed E-state index contributed by atoms with van der Waals surface area (Å²) < 4.78 is 9.50. The van der Waals surface area contributed by atoms with Crippen molar-refractivity contribution >= 4 is 11.9 Å². The highest BCUT2D eigenvalue weighted by atomic mass is 16.5. The van der Waals surface area contributed by atoms with Gasteiger partial charge < -0.3 is 25.6 Å². The number of methoxy groups -OCH3 is 2. The Kier molecular flexibility index (Phi) is 8.29. The van der Waals surface area contributed by atoms with E-state index < -0.39 is 18.1 Å². The van der Waals surface area contributed by atoms with E-state index in [-0.39, 0.29) is 12.5 Å². The number of carbonyl (C=O) groups is 2. The summed E-state index contributed by atoms with van der Waals surface area (Å²) in [6.45, 7) is 0.444. The lowest BCUT2D eigenvalue weighted by Crippen LogP contribution is -2.45. The molecule has 100 valence electrons. The van der Waals surface area contributed by atoms with E-state index in [1.54, 1.807) is 7.11 Å². The summed E-state index contributed by atoms with van der Waals surface area (Å²) in [6, 6.07) is -0.656. The number of carboxylic acids is 1. The van der Waals surface area contributed by atoms with Crippen LogP contribution in [0.2, 0.25) is 0 Å². The van der Waals surface area contributed by atoms with Crippen LogP contribution in [-0.4, -0.2) is 56.5 Å². The number of rotatable bonds is 9. The van der Waals surface area contributed by atoms with Crippen molar-refractivity contribution in [2.75, 3.05) is 27.4 Å². The zero-order chi connectivity index (χ0) is 13.3. The van der Waals surface area contributed by atoms with Crippen LogP contribution in [-0.2, 0) is 19.1 Å². The van der Waals surface area contributed by atoms with Gasteiger partial charge in [-0.2, -0.15) is 0 Å². The number of nitrogens with one attached hydrogen (secondary N) is 1. The molecule has 0 radical (unpaired) electrons. The molecule has 0 bridgehead atoms. The molecule has 17 heavy (non-hydrogen) atoms. The van der Waals surface area contributed by atoms with E-state index in [4.69, 9.17) is 15.6 Å². The Hall–Kier alpha value is -1.18. The van der Waals surface area contributed by atoms with E-state index in [2.05, 4.69) is 10.1 Å². The first-order chi connectivity index (χ1) is 8.02. The maximum atomic E-state index is 11.5. The number of nitrogens with two attached hydrogens (primary N) is 1. The molecule has 7 heteroatoms. The van der Waals surface area contributed by atoms with Crippen LogP contribution in [0.3, 0.4) is 0 Å². The molecule has 0 saturated carbocycles. The maximum absolute atomic E-state index is 11.5. The Labute approximate surface area is 100 Å². The monoisotopic (exact) mass is 248 g/mol. The summed E-state index contributed by atoms with van der Waals surface area (Å²) >= 11 is 0. The molecule has 0 heterocycles. The highest BCUT2D eigenvalue weighted by molar-refractivity contribution is 5.82. The predicted octanol–water partition coefficient (Wildman–Crippen LogP) is -1.04. The number of carboxylic acid groups (broad SMARTS) is 1. The molecule has 0 aromatic heterocycles. The largest absolute Gasteiger partial charge is 0.479 e. The van der Waals surface area contributed by atoms with E-state index in [9.17, 15) is 9.59 Å². The molecule has 2 atom stereocenters. The second-order valence-electron chi connectivity index (χ2n) is 3.55. The predicted molar refractivity (Wildman–Crippen MR) is 60.5 cm³/mol. The van der Waals surface area contributed by atoms with Gasteiger partial charge in [-0.05, 0) is 12.8 Å². The lowest BCUT2D eigenvalue weighted by molar-refractivity contribution is -0.148. The quantitative estimate of drug-likeness (QED) is 0.449. The molecule has 0 aliphatic carbocycles. The van der Waals surface area contributed by atoms with Crippen LogP contribution in [0, 0.1) is 0 Å². The minimum absolute atomic E-state index is 0.0946. The summed E-state index contributed by atoms with van der Waals surface area (Å²) in [5.41, 5.74) is 5.61. The zero-order valence-corrected chi connectivity index (χ0v) is 10.1. The van der Waals surface area contributed by atoms with Crippen molar-refractivity contribution in [3.05, 3.63) is 0 Å². The smallest absolute Gasteiger partial charge is 0.334 e. The van der Waals surface area contributed by atoms with Crippen LogP contribution in [0.25, 0.3) is 0 Å². The molecule has 0 rings (SSSR count). The first kappa shape index (κ1) is 15.8. The van der Waals surface area contributed by atoms with E-state index in [0.29, 0.717) is 19.4 Å². The number of ether oxygens (including phenoxy) is 2. The molecule has 0 aliphatic heterocycles. The van der Waals surface area contributed by atoms with Crippen molar-refractivity contribution in [3.8, 4) is 0 Å². The fraction of sp³-hybridized carbons (Fsp3) is 0.800. The number of hydrogen-bond acceptors (Lipinski definition) is 5. The van der Waals surface area contributed by atoms with Crippen molar-refractivity contribution in [1.29, 1.82) is 0 Å². The second kappa shape index (κ2) is 8.91. The molecule has 2 unspecified atom stereocenters. The molecular weight excluding hydrogens is 228 g/mol. The van der Waals surface area contributed by atoms with Gasteiger partial charge in [-0.3, -0.25) is 4.79 Å². The van der Waals surface area contributed by atoms with Crippen molar-refractivity contribution in [2.45, 2.75) is 25.0 Å². The highest BCUT2D eigenvalue weighted by Gasteiger charge is 2.19. The van der Waals surface area contributed by atoms with Gasteiger partial charge in [0, 0.05) is 20.8 Å². The average Bonchev–Trinajstić information content (AvgIpc) is 2.29. The molecule has 0 aromatic carbocycles. The van der Waals surface area contributed by atoms with Gasteiger partial charge in [-0.15, -0.1) is 0 Å².